The topological polar surface area (TPSA) is 120 Å². The van der Waals surface area contributed by atoms with Gasteiger partial charge in [-0.3, -0.25) is 19.4 Å². The van der Waals surface area contributed by atoms with Gasteiger partial charge in [-0.25, -0.2) is 4.98 Å². The minimum Gasteiger partial charge on any atom is -0.456 e. The number of nitrogens with one attached hydrogen (secondary N) is 2. The lowest BCUT2D eigenvalue weighted by molar-refractivity contribution is -0.146. The van der Waals surface area contributed by atoms with E-state index in [-0.39, 0.29) is 11.3 Å². The van der Waals surface area contributed by atoms with Gasteiger partial charge in [0, 0.05) is 31.2 Å². The summed E-state index contributed by atoms with van der Waals surface area (Å²) in [6, 6.07) is 12.0. The lowest BCUT2D eigenvalue weighted by atomic mass is 10.2. The molecule has 1 atom stereocenters. The molecule has 3 rings (SSSR count). The van der Waals surface area contributed by atoms with Crippen LogP contribution in [0.5, 0.6) is 5.75 Å². The summed E-state index contributed by atoms with van der Waals surface area (Å²) >= 11 is 1.10. The molecule has 1 unspecified atom stereocenters. The molecule has 0 bridgehead atoms. The fraction of sp³-hybridized carbons (Fsp3) is 0.174. The van der Waals surface area contributed by atoms with Crippen molar-refractivity contribution in [1.82, 2.24) is 15.3 Å². The Bertz CT molecular complexity index is 1170. The number of esters is 1. The smallest absolute Gasteiger partial charge is 0.387 e. The standard InChI is InChI=1S/C23H20F2N4O5S/c1-14(30)33-13-19(31)29-21(15-8-11-26-12-9-15)35-22-18(3-2-10-27-22)20(32)28-16-4-6-17(7-5-16)34-23(24)25/h2-12,21,23H,13H2,1H3,(H,28,32)(H,29,31). The lowest BCUT2D eigenvalue weighted by Gasteiger charge is -2.19. The van der Waals surface area contributed by atoms with E-state index in [1.165, 1.54) is 37.4 Å². The van der Waals surface area contributed by atoms with Crippen molar-refractivity contribution in [3.63, 3.8) is 0 Å². The van der Waals surface area contributed by atoms with E-state index in [1.807, 2.05) is 0 Å². The SMILES string of the molecule is CC(=O)OCC(=O)NC(Sc1ncccc1C(=O)Nc1ccc(OC(F)F)cc1)c1ccncc1. The first-order valence-electron chi connectivity index (χ1n) is 10.1. The van der Waals surface area contributed by atoms with Gasteiger partial charge in [0.1, 0.15) is 16.1 Å². The Morgan fingerprint density at radius 2 is 1.74 bits per heavy atom. The number of halogens is 2. The maximum Gasteiger partial charge on any atom is 0.387 e. The highest BCUT2D eigenvalue weighted by molar-refractivity contribution is 7.99. The zero-order valence-corrected chi connectivity index (χ0v) is 19.1. The molecule has 2 heterocycles. The number of ether oxygens (including phenoxy) is 2. The maximum absolute atomic E-state index is 12.9. The molecule has 12 heteroatoms. The minimum atomic E-state index is -2.95. The Balaban J connectivity index is 1.77. The molecule has 0 fully saturated rings. The number of hydrogen-bond donors (Lipinski definition) is 2. The summed E-state index contributed by atoms with van der Waals surface area (Å²) in [6.07, 6.45) is 4.60. The van der Waals surface area contributed by atoms with Gasteiger partial charge in [-0.05, 0) is 54.1 Å². The molecular weight excluding hydrogens is 482 g/mol. The first kappa shape index (κ1) is 25.6. The van der Waals surface area contributed by atoms with E-state index in [0.29, 0.717) is 16.3 Å². The predicted octanol–water partition coefficient (Wildman–Crippen LogP) is 3.80. The molecule has 1 aromatic carbocycles. The van der Waals surface area contributed by atoms with Crippen LogP contribution in [-0.2, 0) is 14.3 Å². The van der Waals surface area contributed by atoms with Gasteiger partial charge in [-0.2, -0.15) is 8.78 Å². The summed E-state index contributed by atoms with van der Waals surface area (Å²) in [5, 5.41) is 5.07. The van der Waals surface area contributed by atoms with E-state index in [9.17, 15) is 23.2 Å². The van der Waals surface area contributed by atoms with Crippen LogP contribution < -0.4 is 15.4 Å². The van der Waals surface area contributed by atoms with E-state index in [2.05, 4.69) is 25.3 Å². The van der Waals surface area contributed by atoms with Crippen LogP contribution >= 0.6 is 11.8 Å². The summed E-state index contributed by atoms with van der Waals surface area (Å²) in [6.45, 7) is -2.22. The molecule has 0 aliphatic carbocycles. The normalized spacial score (nSPS) is 11.4. The van der Waals surface area contributed by atoms with Gasteiger partial charge in [0.2, 0.25) is 0 Å². The molecule has 3 aromatic rings. The Morgan fingerprint density at radius 1 is 1.03 bits per heavy atom. The third kappa shape index (κ3) is 8.03. The number of anilines is 1. The third-order valence-corrected chi connectivity index (χ3v) is 5.46. The second-order valence-corrected chi connectivity index (χ2v) is 7.93. The number of carbonyl (C=O) groups excluding carboxylic acids is 3. The van der Waals surface area contributed by atoms with Crippen LogP contribution in [0.15, 0.2) is 72.1 Å². The Morgan fingerprint density at radius 3 is 2.40 bits per heavy atom. The van der Waals surface area contributed by atoms with Crippen LogP contribution in [0, 0.1) is 0 Å². The zero-order chi connectivity index (χ0) is 25.2. The molecule has 0 aliphatic rings. The summed E-state index contributed by atoms with van der Waals surface area (Å²) in [5.74, 6) is -1.67. The third-order valence-electron chi connectivity index (χ3n) is 4.29. The highest BCUT2D eigenvalue weighted by atomic mass is 32.2. The van der Waals surface area contributed by atoms with E-state index < -0.39 is 36.4 Å². The number of hydrogen-bond acceptors (Lipinski definition) is 8. The van der Waals surface area contributed by atoms with Gasteiger partial charge in [0.05, 0.1) is 5.56 Å². The van der Waals surface area contributed by atoms with Gasteiger partial charge >= 0.3 is 12.6 Å². The van der Waals surface area contributed by atoms with Crippen molar-refractivity contribution in [2.24, 2.45) is 0 Å². The van der Waals surface area contributed by atoms with Gasteiger partial charge in [-0.15, -0.1) is 0 Å². The number of carbonyl (C=O) groups is 3. The number of nitrogens with zero attached hydrogens (tertiary/aromatic N) is 2. The van der Waals surface area contributed by atoms with Crippen molar-refractivity contribution in [2.75, 3.05) is 11.9 Å². The number of thioether (sulfide) groups is 1. The van der Waals surface area contributed by atoms with Crippen molar-refractivity contribution >= 4 is 35.2 Å². The van der Waals surface area contributed by atoms with Crippen LogP contribution in [0.25, 0.3) is 0 Å². The minimum absolute atomic E-state index is 0.0414. The fourth-order valence-corrected chi connectivity index (χ4v) is 3.88. The maximum atomic E-state index is 12.9. The highest BCUT2D eigenvalue weighted by Crippen LogP contribution is 2.34. The quantitative estimate of drug-likeness (QED) is 0.244. The average Bonchev–Trinajstić information content (AvgIpc) is 2.84. The molecule has 0 radical (unpaired) electrons. The number of alkyl halides is 2. The van der Waals surface area contributed by atoms with E-state index >= 15 is 0 Å². The monoisotopic (exact) mass is 502 g/mol. The summed E-state index contributed by atoms with van der Waals surface area (Å²) in [5.41, 5.74) is 1.25. The van der Waals surface area contributed by atoms with E-state index in [1.54, 1.807) is 36.7 Å². The fourth-order valence-electron chi connectivity index (χ4n) is 2.76. The largest absolute Gasteiger partial charge is 0.456 e. The molecule has 0 spiro atoms. The molecule has 9 nitrogen and oxygen atoms in total. The average molecular weight is 502 g/mol. The van der Waals surface area contributed by atoms with Gasteiger partial charge in [-0.1, -0.05) is 11.8 Å². The van der Waals surface area contributed by atoms with Crippen molar-refractivity contribution < 1.29 is 32.6 Å². The van der Waals surface area contributed by atoms with Crippen LogP contribution in [0.2, 0.25) is 0 Å². The van der Waals surface area contributed by atoms with Crippen molar-refractivity contribution in [3.8, 4) is 5.75 Å². The van der Waals surface area contributed by atoms with Crippen LogP contribution in [0.4, 0.5) is 14.5 Å². The summed E-state index contributed by atoms with van der Waals surface area (Å²) < 4.78 is 33.7. The number of rotatable bonds is 10. The Kier molecular flexibility index (Phi) is 9.07. The summed E-state index contributed by atoms with van der Waals surface area (Å²) in [7, 11) is 0. The number of pyridine rings is 2. The molecule has 35 heavy (non-hydrogen) atoms. The van der Waals surface area contributed by atoms with E-state index in [0.717, 1.165) is 11.8 Å². The van der Waals surface area contributed by atoms with Crippen LogP contribution in [0.1, 0.15) is 28.2 Å². The van der Waals surface area contributed by atoms with Gasteiger partial charge < -0.3 is 20.1 Å². The lowest BCUT2D eigenvalue weighted by Crippen LogP contribution is -2.31. The Hall–Kier alpha value is -4.06. The molecule has 0 saturated heterocycles. The second-order valence-electron chi connectivity index (χ2n) is 6.84. The summed E-state index contributed by atoms with van der Waals surface area (Å²) in [4.78, 5) is 44.5. The number of amides is 2. The molecule has 2 N–H and O–H groups in total. The molecule has 182 valence electrons. The molecule has 2 aromatic heterocycles. The first-order chi connectivity index (χ1) is 16.8. The molecule has 0 saturated carbocycles. The second kappa shape index (κ2) is 12.4. The van der Waals surface area contributed by atoms with Gasteiger partial charge in [0.15, 0.2) is 6.61 Å². The number of aromatic nitrogens is 2. The van der Waals surface area contributed by atoms with Crippen molar-refractivity contribution in [3.05, 3.63) is 78.2 Å². The molecule has 0 aliphatic heterocycles. The highest BCUT2D eigenvalue weighted by Gasteiger charge is 2.21. The predicted molar refractivity (Wildman–Crippen MR) is 123 cm³/mol. The van der Waals surface area contributed by atoms with Crippen LogP contribution in [0.3, 0.4) is 0 Å². The Labute approximate surface area is 203 Å². The van der Waals surface area contributed by atoms with E-state index in [4.69, 9.17) is 4.74 Å². The zero-order valence-electron chi connectivity index (χ0n) is 18.3. The number of benzene rings is 1. The molecular formula is C23H20F2N4O5S. The van der Waals surface area contributed by atoms with Crippen molar-refractivity contribution in [2.45, 2.75) is 23.9 Å². The first-order valence-corrected chi connectivity index (χ1v) is 11.0. The van der Waals surface area contributed by atoms with Crippen molar-refractivity contribution in [1.29, 1.82) is 0 Å². The van der Waals surface area contributed by atoms with Gasteiger partial charge in [0.25, 0.3) is 11.8 Å². The van der Waals surface area contributed by atoms with Crippen LogP contribution in [-0.4, -0.2) is 41.0 Å². The molecule has 2 amide bonds.